The summed E-state index contributed by atoms with van der Waals surface area (Å²) in [5, 5.41) is 3.02. The monoisotopic (exact) mass is 331 g/mol. The molecular weight excluding hydrogens is 320 g/mol. The van der Waals surface area contributed by atoms with Crippen molar-refractivity contribution in [2.24, 2.45) is 0 Å². The van der Waals surface area contributed by atoms with Crippen molar-refractivity contribution in [3.8, 4) is 5.75 Å². The van der Waals surface area contributed by atoms with Crippen molar-refractivity contribution in [2.75, 3.05) is 7.05 Å². The Morgan fingerprint density at radius 3 is 2.53 bits per heavy atom. The Labute approximate surface area is 117 Å². The minimum Gasteiger partial charge on any atom is -0.452 e. The highest BCUT2D eigenvalue weighted by atomic mass is 79.9. The van der Waals surface area contributed by atoms with Crippen LogP contribution in [0.25, 0.3) is 0 Å². The van der Waals surface area contributed by atoms with Gasteiger partial charge in [-0.05, 0) is 41.2 Å². The predicted molar refractivity (Wildman–Crippen MR) is 70.4 cm³/mol. The molecule has 1 N–H and O–H groups in total. The van der Waals surface area contributed by atoms with Crippen LogP contribution >= 0.6 is 15.9 Å². The van der Waals surface area contributed by atoms with Crippen molar-refractivity contribution in [1.29, 1.82) is 0 Å². The molecule has 0 radical (unpaired) electrons. The lowest BCUT2D eigenvalue weighted by Crippen LogP contribution is -2.18. The maximum absolute atomic E-state index is 12.4. The van der Waals surface area contributed by atoms with Crippen molar-refractivity contribution >= 4 is 15.9 Å². The van der Waals surface area contributed by atoms with Gasteiger partial charge in [0.25, 0.3) is 0 Å². The molecule has 0 amide bonds. The first-order valence-corrected chi connectivity index (χ1v) is 6.37. The largest absolute Gasteiger partial charge is 0.452 e. The second-order valence-corrected chi connectivity index (χ2v) is 4.56. The normalized spacial score (nSPS) is 12.7. The fourth-order valence-corrected chi connectivity index (χ4v) is 2.18. The van der Waals surface area contributed by atoms with Crippen LogP contribution in [0.15, 0.2) is 45.5 Å². The van der Waals surface area contributed by atoms with Gasteiger partial charge in [-0.15, -0.1) is 0 Å². The van der Waals surface area contributed by atoms with E-state index in [0.29, 0.717) is 16.0 Å². The second-order valence-electron chi connectivity index (χ2n) is 3.78. The van der Waals surface area contributed by atoms with Gasteiger partial charge in [-0.3, -0.25) is 0 Å². The van der Waals surface area contributed by atoms with E-state index >= 15 is 0 Å². The zero-order chi connectivity index (χ0) is 13.8. The molecule has 0 fully saturated rings. The van der Waals surface area contributed by atoms with Crippen LogP contribution in [0.3, 0.4) is 0 Å². The molecule has 1 unspecified atom stereocenters. The average Bonchev–Trinajstić information content (AvgIpc) is 2.78. The Kier molecular flexibility index (Phi) is 4.55. The van der Waals surface area contributed by atoms with Crippen LogP contribution in [0.4, 0.5) is 8.78 Å². The Morgan fingerprint density at radius 2 is 1.95 bits per heavy atom. The van der Waals surface area contributed by atoms with Crippen molar-refractivity contribution in [1.82, 2.24) is 5.32 Å². The minimum atomic E-state index is -2.86. The first kappa shape index (κ1) is 14.0. The highest BCUT2D eigenvalue weighted by Gasteiger charge is 2.21. The summed E-state index contributed by atoms with van der Waals surface area (Å²) in [6.07, 6.45) is 0. The lowest BCUT2D eigenvalue weighted by molar-refractivity contribution is -0.0506. The zero-order valence-electron chi connectivity index (χ0n) is 10.1. The van der Waals surface area contributed by atoms with Gasteiger partial charge >= 0.3 is 6.61 Å². The van der Waals surface area contributed by atoms with Gasteiger partial charge in [-0.25, -0.2) is 0 Å². The molecule has 6 heteroatoms. The van der Waals surface area contributed by atoms with Crippen LogP contribution in [-0.4, -0.2) is 13.7 Å². The van der Waals surface area contributed by atoms with E-state index in [1.807, 2.05) is 0 Å². The number of nitrogens with one attached hydrogen (secondary N) is 1. The number of furan rings is 1. The zero-order valence-corrected chi connectivity index (χ0v) is 11.7. The molecule has 2 aromatic rings. The van der Waals surface area contributed by atoms with E-state index < -0.39 is 6.61 Å². The summed E-state index contributed by atoms with van der Waals surface area (Å²) >= 11 is 3.22. The summed E-state index contributed by atoms with van der Waals surface area (Å²) < 4.78 is 35.4. The van der Waals surface area contributed by atoms with Gasteiger partial charge in [-0.1, -0.05) is 18.2 Å². The average molecular weight is 332 g/mol. The van der Waals surface area contributed by atoms with Crippen molar-refractivity contribution in [2.45, 2.75) is 12.7 Å². The Hall–Kier alpha value is -1.40. The van der Waals surface area contributed by atoms with Crippen LogP contribution in [0.1, 0.15) is 17.4 Å². The molecule has 0 aliphatic heterocycles. The molecule has 3 nitrogen and oxygen atoms in total. The van der Waals surface area contributed by atoms with Gasteiger partial charge in [0.15, 0.2) is 4.67 Å². The molecule has 102 valence electrons. The van der Waals surface area contributed by atoms with Crippen LogP contribution in [0, 0.1) is 0 Å². The highest BCUT2D eigenvalue weighted by molar-refractivity contribution is 9.10. The Bertz CT molecular complexity index is 545. The molecule has 0 aliphatic rings. The molecule has 1 aromatic carbocycles. The van der Waals surface area contributed by atoms with E-state index in [1.165, 1.54) is 6.07 Å². The van der Waals surface area contributed by atoms with Gasteiger partial charge < -0.3 is 14.5 Å². The molecule has 2 rings (SSSR count). The first-order chi connectivity index (χ1) is 9.11. The van der Waals surface area contributed by atoms with Gasteiger partial charge in [0.2, 0.25) is 0 Å². The van der Waals surface area contributed by atoms with E-state index in [1.54, 1.807) is 37.4 Å². The first-order valence-electron chi connectivity index (χ1n) is 5.58. The summed E-state index contributed by atoms with van der Waals surface area (Å²) in [5.74, 6) is 0.740. The van der Waals surface area contributed by atoms with Crippen molar-refractivity contribution in [3.63, 3.8) is 0 Å². The maximum atomic E-state index is 12.4. The molecular formula is C13H12BrF2NO2. The topological polar surface area (TPSA) is 34.4 Å². The van der Waals surface area contributed by atoms with E-state index in [2.05, 4.69) is 26.0 Å². The quantitative estimate of drug-likeness (QED) is 0.900. The Balaban J connectivity index is 2.38. The number of ether oxygens (including phenoxy) is 1. The number of halogens is 3. The standard InChI is InChI=1S/C13H12BrF2NO2/c1-17-12(10-6-7-11(14)18-10)8-4-2-3-5-9(8)19-13(15)16/h2-7,12-13,17H,1H3. The van der Waals surface area contributed by atoms with E-state index in [-0.39, 0.29) is 11.8 Å². The van der Waals surface area contributed by atoms with Crippen molar-refractivity contribution in [3.05, 3.63) is 52.4 Å². The van der Waals surface area contributed by atoms with Crippen LogP contribution in [0.2, 0.25) is 0 Å². The second kappa shape index (κ2) is 6.16. The van der Waals surface area contributed by atoms with E-state index in [9.17, 15) is 8.78 Å². The molecule has 0 saturated carbocycles. The molecule has 0 spiro atoms. The lowest BCUT2D eigenvalue weighted by atomic mass is 10.0. The number of benzene rings is 1. The summed E-state index contributed by atoms with van der Waals surface area (Å²) in [6.45, 7) is -2.86. The number of hydrogen-bond donors (Lipinski definition) is 1. The maximum Gasteiger partial charge on any atom is 0.387 e. The Morgan fingerprint density at radius 1 is 1.21 bits per heavy atom. The third kappa shape index (κ3) is 3.33. The SMILES string of the molecule is CNC(c1ccc(Br)o1)c1ccccc1OC(F)F. The third-order valence-electron chi connectivity index (χ3n) is 2.61. The molecule has 19 heavy (non-hydrogen) atoms. The number of alkyl halides is 2. The fourth-order valence-electron chi connectivity index (χ4n) is 1.86. The predicted octanol–water partition coefficient (Wildman–Crippen LogP) is 3.95. The number of hydrogen-bond acceptors (Lipinski definition) is 3. The molecule has 0 aliphatic carbocycles. The van der Waals surface area contributed by atoms with Gasteiger partial charge in [0.1, 0.15) is 11.5 Å². The van der Waals surface area contributed by atoms with Crippen LogP contribution < -0.4 is 10.1 Å². The fraction of sp³-hybridized carbons (Fsp3) is 0.231. The highest BCUT2D eigenvalue weighted by Crippen LogP contribution is 2.32. The molecule has 1 aromatic heterocycles. The summed E-state index contributed by atoms with van der Waals surface area (Å²) in [4.78, 5) is 0. The van der Waals surface area contributed by atoms with Gasteiger partial charge in [0, 0.05) is 5.56 Å². The van der Waals surface area contributed by atoms with Crippen LogP contribution in [0.5, 0.6) is 5.75 Å². The van der Waals surface area contributed by atoms with Gasteiger partial charge in [-0.2, -0.15) is 8.78 Å². The minimum absolute atomic E-state index is 0.129. The lowest BCUT2D eigenvalue weighted by Gasteiger charge is -2.18. The summed E-state index contributed by atoms with van der Waals surface area (Å²) in [7, 11) is 1.72. The van der Waals surface area contributed by atoms with E-state index in [0.717, 1.165) is 0 Å². The third-order valence-corrected chi connectivity index (χ3v) is 3.04. The number of rotatable bonds is 5. The van der Waals surface area contributed by atoms with Crippen molar-refractivity contribution < 1.29 is 17.9 Å². The molecule has 1 heterocycles. The van der Waals surface area contributed by atoms with Gasteiger partial charge in [0.05, 0.1) is 6.04 Å². The molecule has 0 saturated heterocycles. The molecule has 0 bridgehead atoms. The summed E-state index contributed by atoms with van der Waals surface area (Å²) in [6, 6.07) is 9.78. The number of para-hydroxylation sites is 1. The smallest absolute Gasteiger partial charge is 0.387 e. The van der Waals surface area contributed by atoms with Crippen LogP contribution in [-0.2, 0) is 0 Å². The van der Waals surface area contributed by atoms with E-state index in [4.69, 9.17) is 4.42 Å². The molecule has 1 atom stereocenters. The summed E-state index contributed by atoms with van der Waals surface area (Å²) in [5.41, 5.74) is 0.590.